The van der Waals surface area contributed by atoms with Gasteiger partial charge in [0, 0.05) is 9.85 Å². The Hall–Kier alpha value is -0.0100. The Labute approximate surface area is 98.8 Å². The van der Waals surface area contributed by atoms with Gasteiger partial charge in [-0.1, -0.05) is 28.1 Å². The fourth-order valence-electron chi connectivity index (χ4n) is 1.65. The predicted molar refractivity (Wildman–Crippen MR) is 64.8 cm³/mol. The summed E-state index contributed by atoms with van der Waals surface area (Å²) in [6, 6.07) is 8.52. The minimum atomic E-state index is 0.402. The summed E-state index contributed by atoms with van der Waals surface area (Å²) in [4.78, 5) is 0. The maximum atomic E-state index is 6.25. The fourth-order valence-corrected chi connectivity index (χ4v) is 2.27. The standard InChI is InChI=1S/C12H14BrCl/c13-11-6-1-9(2-7-11)3-8-12(14)10-4-5-10/h1-2,6-7,10,12H,3-5,8H2. The molecule has 76 valence electrons. The molecule has 2 heteroatoms. The Bertz CT molecular complexity index is 290. The molecule has 0 nitrogen and oxygen atoms in total. The second kappa shape index (κ2) is 4.67. The maximum absolute atomic E-state index is 6.25. The fraction of sp³-hybridized carbons (Fsp3) is 0.500. The molecule has 0 amide bonds. The second-order valence-corrected chi connectivity index (χ2v) is 5.49. The molecule has 0 aliphatic heterocycles. The zero-order valence-electron chi connectivity index (χ0n) is 8.05. The van der Waals surface area contributed by atoms with E-state index in [1.54, 1.807) is 0 Å². The van der Waals surface area contributed by atoms with Gasteiger partial charge in [0.25, 0.3) is 0 Å². The summed E-state index contributed by atoms with van der Waals surface area (Å²) in [6.45, 7) is 0. The van der Waals surface area contributed by atoms with E-state index in [0.717, 1.165) is 23.2 Å². The van der Waals surface area contributed by atoms with Gasteiger partial charge in [0.05, 0.1) is 0 Å². The lowest BCUT2D eigenvalue weighted by atomic mass is 10.1. The number of hydrogen-bond donors (Lipinski definition) is 0. The largest absolute Gasteiger partial charge is 0.123 e. The molecule has 1 saturated carbocycles. The summed E-state index contributed by atoms with van der Waals surface area (Å²) in [7, 11) is 0. The lowest BCUT2D eigenvalue weighted by Crippen LogP contribution is -2.02. The van der Waals surface area contributed by atoms with Gasteiger partial charge < -0.3 is 0 Å². The number of halogens is 2. The maximum Gasteiger partial charge on any atom is 0.0367 e. The Morgan fingerprint density at radius 1 is 1.29 bits per heavy atom. The first kappa shape index (κ1) is 10.5. The van der Waals surface area contributed by atoms with E-state index in [9.17, 15) is 0 Å². The van der Waals surface area contributed by atoms with Gasteiger partial charge in [-0.05, 0) is 49.3 Å². The van der Waals surface area contributed by atoms with Crippen molar-refractivity contribution >= 4 is 27.5 Å². The van der Waals surface area contributed by atoms with E-state index in [4.69, 9.17) is 11.6 Å². The van der Waals surface area contributed by atoms with Crippen LogP contribution in [0.25, 0.3) is 0 Å². The van der Waals surface area contributed by atoms with Gasteiger partial charge in [0.15, 0.2) is 0 Å². The molecule has 0 aromatic heterocycles. The Morgan fingerprint density at radius 2 is 1.93 bits per heavy atom. The molecule has 0 radical (unpaired) electrons. The van der Waals surface area contributed by atoms with Crippen LogP contribution in [-0.4, -0.2) is 5.38 Å². The van der Waals surface area contributed by atoms with E-state index >= 15 is 0 Å². The van der Waals surface area contributed by atoms with E-state index < -0.39 is 0 Å². The number of hydrogen-bond acceptors (Lipinski definition) is 0. The molecule has 0 N–H and O–H groups in total. The SMILES string of the molecule is ClC(CCc1ccc(Br)cc1)C1CC1. The van der Waals surface area contributed by atoms with E-state index in [2.05, 4.69) is 40.2 Å². The van der Waals surface area contributed by atoms with Crippen LogP contribution in [0.15, 0.2) is 28.7 Å². The minimum absolute atomic E-state index is 0.402. The topological polar surface area (TPSA) is 0 Å². The molecule has 1 atom stereocenters. The molecule has 0 saturated heterocycles. The average Bonchev–Trinajstić information content (AvgIpc) is 3.00. The molecule has 0 heterocycles. The highest BCUT2D eigenvalue weighted by Gasteiger charge is 2.28. The summed E-state index contributed by atoms with van der Waals surface area (Å²) in [5.41, 5.74) is 1.39. The number of aryl methyl sites for hydroxylation is 1. The van der Waals surface area contributed by atoms with Gasteiger partial charge in [0.2, 0.25) is 0 Å². The first-order valence-corrected chi connectivity index (χ1v) is 6.37. The van der Waals surface area contributed by atoms with E-state index in [1.807, 2.05) is 0 Å². The van der Waals surface area contributed by atoms with Crippen LogP contribution in [0.5, 0.6) is 0 Å². The van der Waals surface area contributed by atoms with E-state index in [0.29, 0.717) is 5.38 Å². The molecule has 1 aliphatic carbocycles. The van der Waals surface area contributed by atoms with Crippen LogP contribution in [0.4, 0.5) is 0 Å². The van der Waals surface area contributed by atoms with Crippen LogP contribution in [0.3, 0.4) is 0 Å². The third kappa shape index (κ3) is 2.99. The highest BCUT2D eigenvalue weighted by Crippen LogP contribution is 2.37. The molecule has 1 aromatic rings. The van der Waals surface area contributed by atoms with Crippen LogP contribution >= 0.6 is 27.5 Å². The van der Waals surface area contributed by atoms with Crippen LogP contribution in [0, 0.1) is 5.92 Å². The van der Waals surface area contributed by atoms with Crippen molar-refractivity contribution in [2.45, 2.75) is 31.1 Å². The third-order valence-corrected chi connectivity index (χ3v) is 3.86. The molecule has 1 aliphatic rings. The summed E-state index contributed by atoms with van der Waals surface area (Å²) >= 11 is 9.68. The number of rotatable bonds is 4. The van der Waals surface area contributed by atoms with Crippen molar-refractivity contribution in [3.05, 3.63) is 34.3 Å². The number of alkyl halides is 1. The van der Waals surface area contributed by atoms with Gasteiger partial charge in [-0.15, -0.1) is 11.6 Å². The zero-order chi connectivity index (χ0) is 9.97. The quantitative estimate of drug-likeness (QED) is 0.713. The first-order chi connectivity index (χ1) is 6.75. The van der Waals surface area contributed by atoms with Crippen molar-refractivity contribution in [3.8, 4) is 0 Å². The van der Waals surface area contributed by atoms with Gasteiger partial charge in [-0.3, -0.25) is 0 Å². The van der Waals surface area contributed by atoms with Gasteiger partial charge in [0.1, 0.15) is 0 Å². The molecule has 1 aromatic carbocycles. The Kier molecular flexibility index (Phi) is 3.51. The first-order valence-electron chi connectivity index (χ1n) is 5.14. The summed E-state index contributed by atoms with van der Waals surface area (Å²) in [5.74, 6) is 0.812. The van der Waals surface area contributed by atoms with Crippen molar-refractivity contribution < 1.29 is 0 Å². The smallest absolute Gasteiger partial charge is 0.0367 e. The zero-order valence-corrected chi connectivity index (χ0v) is 10.4. The van der Waals surface area contributed by atoms with Crippen LogP contribution in [0.1, 0.15) is 24.8 Å². The monoisotopic (exact) mass is 272 g/mol. The normalized spacial score (nSPS) is 18.1. The molecule has 0 spiro atoms. The molecule has 1 fully saturated rings. The van der Waals surface area contributed by atoms with Crippen LogP contribution in [0.2, 0.25) is 0 Å². The summed E-state index contributed by atoms with van der Waals surface area (Å²) < 4.78 is 1.14. The van der Waals surface area contributed by atoms with Gasteiger partial charge in [-0.25, -0.2) is 0 Å². The van der Waals surface area contributed by atoms with Gasteiger partial charge >= 0.3 is 0 Å². The molecule has 0 bridgehead atoms. The molecular formula is C12H14BrCl. The summed E-state index contributed by atoms with van der Waals surface area (Å²) in [6.07, 6.45) is 4.91. The van der Waals surface area contributed by atoms with Crippen LogP contribution < -0.4 is 0 Å². The van der Waals surface area contributed by atoms with Crippen molar-refractivity contribution in [2.75, 3.05) is 0 Å². The number of benzene rings is 1. The van der Waals surface area contributed by atoms with Gasteiger partial charge in [-0.2, -0.15) is 0 Å². The van der Waals surface area contributed by atoms with Crippen molar-refractivity contribution in [2.24, 2.45) is 5.92 Å². The van der Waals surface area contributed by atoms with E-state index in [-0.39, 0.29) is 0 Å². The molecular weight excluding hydrogens is 259 g/mol. The molecule has 1 unspecified atom stereocenters. The Morgan fingerprint density at radius 3 is 2.50 bits per heavy atom. The summed E-state index contributed by atoms with van der Waals surface area (Å²) in [5, 5.41) is 0.402. The third-order valence-electron chi connectivity index (χ3n) is 2.76. The van der Waals surface area contributed by atoms with Crippen LogP contribution in [-0.2, 0) is 6.42 Å². The highest BCUT2D eigenvalue weighted by atomic mass is 79.9. The average molecular weight is 274 g/mol. The van der Waals surface area contributed by atoms with Crippen molar-refractivity contribution in [1.29, 1.82) is 0 Å². The molecule has 2 rings (SSSR count). The second-order valence-electron chi connectivity index (χ2n) is 4.02. The minimum Gasteiger partial charge on any atom is -0.123 e. The molecule has 14 heavy (non-hydrogen) atoms. The lowest BCUT2D eigenvalue weighted by Gasteiger charge is -2.07. The lowest BCUT2D eigenvalue weighted by molar-refractivity contribution is 0.676. The van der Waals surface area contributed by atoms with Crippen molar-refractivity contribution in [3.63, 3.8) is 0 Å². The predicted octanol–water partition coefficient (Wildman–Crippen LogP) is 4.40. The van der Waals surface area contributed by atoms with Crippen molar-refractivity contribution in [1.82, 2.24) is 0 Å². The Balaban J connectivity index is 1.82. The highest BCUT2D eigenvalue weighted by molar-refractivity contribution is 9.10. The van der Waals surface area contributed by atoms with E-state index in [1.165, 1.54) is 18.4 Å².